The van der Waals surface area contributed by atoms with Crippen LogP contribution >= 0.6 is 0 Å². The highest BCUT2D eigenvalue weighted by Gasteiger charge is 2.53. The summed E-state index contributed by atoms with van der Waals surface area (Å²) in [6.07, 6.45) is -1.97. The van der Waals surface area contributed by atoms with Gasteiger partial charge in [-0.3, -0.25) is 4.98 Å². The van der Waals surface area contributed by atoms with Crippen molar-refractivity contribution >= 4 is 0 Å². The molecule has 2 unspecified atom stereocenters. The molecule has 2 atom stereocenters. The standard InChI is InChI=1S/C28H34F3NO4.C5H12/c1-25(2)14-18-20(19(33)15-25)22-21(24(32-18)26(3,4)34-5)23(36-27(22)10-12-35-13-11-27)16-6-8-17(9-7-16)28(29,30)31;1-4-5(2)3/h6-9,19,23,33H,10-15H2,1-5H3;5H,4H2,1-3H3. The van der Waals surface area contributed by atoms with Crippen molar-refractivity contribution in [3.63, 3.8) is 0 Å². The summed E-state index contributed by atoms with van der Waals surface area (Å²) in [6, 6.07) is 5.16. The van der Waals surface area contributed by atoms with Gasteiger partial charge < -0.3 is 19.3 Å². The van der Waals surface area contributed by atoms with Gasteiger partial charge in [0.05, 0.1) is 23.0 Å². The highest BCUT2D eigenvalue weighted by Crippen LogP contribution is 2.58. The second-order valence-electron chi connectivity index (χ2n) is 13.4. The Kier molecular flexibility index (Phi) is 9.02. The predicted molar refractivity (Wildman–Crippen MR) is 153 cm³/mol. The third kappa shape index (κ3) is 6.36. The topological polar surface area (TPSA) is 60.8 Å². The summed E-state index contributed by atoms with van der Waals surface area (Å²) in [5.41, 5.74) is 2.40. The number of hydrogen-bond donors (Lipinski definition) is 1. The van der Waals surface area contributed by atoms with Gasteiger partial charge in [0.2, 0.25) is 0 Å². The summed E-state index contributed by atoms with van der Waals surface area (Å²) in [6.45, 7) is 15.8. The first-order valence-corrected chi connectivity index (χ1v) is 14.8. The molecule has 3 aliphatic rings. The van der Waals surface area contributed by atoms with E-state index in [1.165, 1.54) is 18.6 Å². The SMILES string of the molecule is CCC(C)C.COC(C)(C)c1nc2c(c3c1C(c1ccc(C(F)(F)F)cc1)OC31CCOCC1)C(O)CC(C)(C)C2. The van der Waals surface area contributed by atoms with Gasteiger partial charge in [0, 0.05) is 50.0 Å². The average Bonchev–Trinajstić information content (AvgIpc) is 3.21. The molecule has 228 valence electrons. The van der Waals surface area contributed by atoms with Gasteiger partial charge in [-0.1, -0.05) is 53.2 Å². The summed E-state index contributed by atoms with van der Waals surface area (Å²) in [4.78, 5) is 5.11. The minimum atomic E-state index is -4.42. The van der Waals surface area contributed by atoms with Crippen molar-refractivity contribution in [2.75, 3.05) is 20.3 Å². The van der Waals surface area contributed by atoms with Crippen LogP contribution in [-0.4, -0.2) is 30.4 Å². The van der Waals surface area contributed by atoms with Crippen molar-refractivity contribution in [3.05, 3.63) is 63.5 Å². The van der Waals surface area contributed by atoms with Crippen LogP contribution in [0.2, 0.25) is 0 Å². The Bertz CT molecular complexity index is 1210. The molecule has 1 aliphatic carbocycles. The highest BCUT2D eigenvalue weighted by atomic mass is 19.4. The molecule has 5 rings (SSSR count). The molecular formula is C33H46F3NO4. The molecule has 3 heterocycles. The van der Waals surface area contributed by atoms with Crippen LogP contribution in [0.4, 0.5) is 13.2 Å². The Morgan fingerprint density at radius 3 is 2.17 bits per heavy atom. The van der Waals surface area contributed by atoms with Gasteiger partial charge in [0.1, 0.15) is 11.7 Å². The first-order chi connectivity index (χ1) is 19.0. The van der Waals surface area contributed by atoms with Gasteiger partial charge in [-0.05, 0) is 61.3 Å². The molecule has 1 aromatic heterocycles. The maximum absolute atomic E-state index is 13.3. The third-order valence-electron chi connectivity index (χ3n) is 8.88. The molecule has 0 bridgehead atoms. The number of pyridine rings is 1. The predicted octanol–water partition coefficient (Wildman–Crippen LogP) is 8.17. The van der Waals surface area contributed by atoms with Crippen LogP contribution in [0.1, 0.15) is 126 Å². The summed E-state index contributed by atoms with van der Waals surface area (Å²) in [5.74, 6) is 0.884. The van der Waals surface area contributed by atoms with Gasteiger partial charge >= 0.3 is 6.18 Å². The molecule has 8 heteroatoms. The van der Waals surface area contributed by atoms with Crippen molar-refractivity contribution in [3.8, 4) is 0 Å². The lowest BCUT2D eigenvalue weighted by atomic mass is 9.69. The van der Waals surface area contributed by atoms with Crippen LogP contribution in [0, 0.1) is 11.3 Å². The maximum atomic E-state index is 13.3. The molecule has 2 aromatic rings. The number of fused-ring (bicyclic) bond motifs is 4. The molecule has 1 spiro atoms. The summed E-state index contributed by atoms with van der Waals surface area (Å²) in [7, 11) is 1.62. The van der Waals surface area contributed by atoms with E-state index in [0.29, 0.717) is 50.2 Å². The number of ether oxygens (including phenoxy) is 3. The molecule has 0 saturated carbocycles. The highest BCUT2D eigenvalue weighted by molar-refractivity contribution is 5.55. The van der Waals surface area contributed by atoms with Crippen molar-refractivity contribution in [2.24, 2.45) is 11.3 Å². The molecule has 1 saturated heterocycles. The second kappa shape index (κ2) is 11.6. The van der Waals surface area contributed by atoms with Gasteiger partial charge in [0.15, 0.2) is 0 Å². The van der Waals surface area contributed by atoms with Crippen molar-refractivity contribution in [1.29, 1.82) is 0 Å². The van der Waals surface area contributed by atoms with Gasteiger partial charge in [-0.2, -0.15) is 13.2 Å². The van der Waals surface area contributed by atoms with Crippen LogP contribution in [0.3, 0.4) is 0 Å². The lowest BCUT2D eigenvalue weighted by molar-refractivity contribution is -0.137. The quantitative estimate of drug-likeness (QED) is 0.397. The molecule has 5 nitrogen and oxygen atoms in total. The summed E-state index contributed by atoms with van der Waals surface area (Å²) in [5, 5.41) is 11.4. The molecule has 0 amide bonds. The van der Waals surface area contributed by atoms with Crippen LogP contribution in [0.25, 0.3) is 0 Å². The number of benzene rings is 1. The van der Waals surface area contributed by atoms with E-state index in [2.05, 4.69) is 34.6 Å². The van der Waals surface area contributed by atoms with E-state index >= 15 is 0 Å². The number of rotatable bonds is 4. The minimum absolute atomic E-state index is 0.128. The zero-order chi connectivity index (χ0) is 30.4. The largest absolute Gasteiger partial charge is 0.416 e. The van der Waals surface area contributed by atoms with E-state index in [4.69, 9.17) is 19.2 Å². The normalized spacial score (nSPS) is 23.1. The fraction of sp³-hybridized carbons (Fsp3) is 0.667. The second-order valence-corrected chi connectivity index (χ2v) is 13.4. The monoisotopic (exact) mass is 577 g/mol. The molecule has 41 heavy (non-hydrogen) atoms. The zero-order valence-corrected chi connectivity index (χ0v) is 25.7. The number of hydrogen-bond acceptors (Lipinski definition) is 5. The Labute approximate surface area is 242 Å². The lowest BCUT2D eigenvalue weighted by Crippen LogP contribution is -2.37. The van der Waals surface area contributed by atoms with Crippen molar-refractivity contribution in [1.82, 2.24) is 4.98 Å². The first-order valence-electron chi connectivity index (χ1n) is 14.8. The van der Waals surface area contributed by atoms with E-state index in [9.17, 15) is 18.3 Å². The number of halogens is 3. The number of aliphatic hydroxyl groups is 1. The lowest BCUT2D eigenvalue weighted by Gasteiger charge is -2.40. The van der Waals surface area contributed by atoms with Crippen molar-refractivity contribution in [2.45, 2.75) is 110 Å². The zero-order valence-electron chi connectivity index (χ0n) is 25.7. The van der Waals surface area contributed by atoms with Gasteiger partial charge in [0.25, 0.3) is 0 Å². The summed E-state index contributed by atoms with van der Waals surface area (Å²) >= 11 is 0. The van der Waals surface area contributed by atoms with E-state index in [1.54, 1.807) is 7.11 Å². The Morgan fingerprint density at radius 2 is 1.66 bits per heavy atom. The Morgan fingerprint density at radius 1 is 1.07 bits per heavy atom. The summed E-state index contributed by atoms with van der Waals surface area (Å²) < 4.78 is 58.3. The Balaban J connectivity index is 0.000000714. The Hall–Kier alpha value is -2.00. The van der Waals surface area contributed by atoms with E-state index in [-0.39, 0.29) is 5.41 Å². The van der Waals surface area contributed by atoms with Crippen LogP contribution in [-0.2, 0) is 38.0 Å². The van der Waals surface area contributed by atoms with E-state index in [0.717, 1.165) is 40.4 Å². The number of methoxy groups -OCH3 is 1. The molecule has 1 aromatic carbocycles. The number of alkyl halides is 3. The fourth-order valence-corrected chi connectivity index (χ4v) is 6.10. The van der Waals surface area contributed by atoms with Gasteiger partial charge in [-0.25, -0.2) is 0 Å². The molecule has 1 fully saturated rings. The fourth-order valence-electron chi connectivity index (χ4n) is 6.10. The van der Waals surface area contributed by atoms with E-state index in [1.807, 2.05) is 13.8 Å². The van der Waals surface area contributed by atoms with Crippen molar-refractivity contribution < 1.29 is 32.5 Å². The third-order valence-corrected chi connectivity index (χ3v) is 8.88. The first kappa shape index (κ1) is 31.9. The van der Waals surface area contributed by atoms with E-state index < -0.39 is 35.1 Å². The number of aromatic nitrogens is 1. The number of nitrogens with zero attached hydrogens (tertiary/aromatic N) is 1. The maximum Gasteiger partial charge on any atom is 0.416 e. The van der Waals surface area contributed by atoms with Crippen LogP contribution in [0.15, 0.2) is 24.3 Å². The smallest absolute Gasteiger partial charge is 0.388 e. The van der Waals surface area contributed by atoms with Crippen LogP contribution < -0.4 is 0 Å². The molecule has 1 N–H and O–H groups in total. The van der Waals surface area contributed by atoms with Crippen LogP contribution in [0.5, 0.6) is 0 Å². The van der Waals surface area contributed by atoms with Gasteiger partial charge in [-0.15, -0.1) is 0 Å². The molecular weight excluding hydrogens is 531 g/mol. The number of aliphatic hydroxyl groups excluding tert-OH is 1. The molecule has 0 radical (unpaired) electrons. The average molecular weight is 578 g/mol. The molecule has 2 aliphatic heterocycles. The minimum Gasteiger partial charge on any atom is -0.388 e.